The fourth-order valence-electron chi connectivity index (χ4n) is 2.87. The van der Waals surface area contributed by atoms with Crippen molar-refractivity contribution in [2.45, 2.75) is 6.92 Å². The first-order chi connectivity index (χ1) is 13.5. The summed E-state index contributed by atoms with van der Waals surface area (Å²) in [5.74, 6) is 2.17. The Morgan fingerprint density at radius 3 is 2.11 bits per heavy atom. The predicted octanol–water partition coefficient (Wildman–Crippen LogP) is 6.73. The Labute approximate surface area is 171 Å². The average molecular weight is 412 g/mol. The SMILES string of the molecule is Cc1cc(=O)c2c(Cl)c(Oc3ccc(Oc4ccccc4)cc3)c(Cl)cc2[nH]1. The normalized spacial score (nSPS) is 10.8. The topological polar surface area (TPSA) is 51.3 Å². The van der Waals surface area contributed by atoms with Gasteiger partial charge in [-0.3, -0.25) is 4.79 Å². The summed E-state index contributed by atoms with van der Waals surface area (Å²) >= 11 is 12.8. The van der Waals surface area contributed by atoms with Crippen LogP contribution in [0.4, 0.5) is 0 Å². The molecule has 0 fully saturated rings. The number of rotatable bonds is 4. The summed E-state index contributed by atoms with van der Waals surface area (Å²) in [5.41, 5.74) is 1.11. The van der Waals surface area contributed by atoms with Gasteiger partial charge in [-0.15, -0.1) is 0 Å². The largest absolute Gasteiger partial charge is 0.457 e. The van der Waals surface area contributed by atoms with E-state index in [2.05, 4.69) is 4.98 Å². The third-order valence-electron chi connectivity index (χ3n) is 4.12. The number of pyridine rings is 1. The molecule has 0 bridgehead atoms. The highest BCUT2D eigenvalue weighted by Crippen LogP contribution is 2.40. The molecule has 0 saturated carbocycles. The number of ether oxygens (including phenoxy) is 2. The minimum Gasteiger partial charge on any atom is -0.457 e. The molecule has 4 aromatic rings. The summed E-state index contributed by atoms with van der Waals surface area (Å²) in [6.07, 6.45) is 0. The van der Waals surface area contributed by atoms with E-state index >= 15 is 0 Å². The van der Waals surface area contributed by atoms with Gasteiger partial charge in [-0.2, -0.15) is 0 Å². The summed E-state index contributed by atoms with van der Waals surface area (Å²) in [6.45, 7) is 1.80. The van der Waals surface area contributed by atoms with Crippen LogP contribution >= 0.6 is 23.2 Å². The van der Waals surface area contributed by atoms with Gasteiger partial charge < -0.3 is 14.5 Å². The average Bonchev–Trinajstić information content (AvgIpc) is 2.66. The quantitative estimate of drug-likeness (QED) is 0.404. The molecule has 1 heterocycles. The van der Waals surface area contributed by atoms with Crippen LogP contribution in [-0.2, 0) is 0 Å². The highest BCUT2D eigenvalue weighted by molar-refractivity contribution is 6.41. The van der Waals surface area contributed by atoms with E-state index in [-0.39, 0.29) is 16.2 Å². The van der Waals surface area contributed by atoms with Gasteiger partial charge in [0.15, 0.2) is 11.2 Å². The Bertz CT molecular complexity index is 1200. The number of halogens is 2. The molecule has 1 aromatic heterocycles. The molecule has 6 heteroatoms. The monoisotopic (exact) mass is 411 g/mol. The molecule has 0 amide bonds. The number of hydrogen-bond acceptors (Lipinski definition) is 3. The van der Waals surface area contributed by atoms with Gasteiger partial charge in [0.05, 0.1) is 20.9 Å². The molecule has 0 aliphatic carbocycles. The lowest BCUT2D eigenvalue weighted by atomic mass is 10.2. The second-order valence-electron chi connectivity index (χ2n) is 6.23. The van der Waals surface area contributed by atoms with Crippen LogP contribution < -0.4 is 14.9 Å². The van der Waals surface area contributed by atoms with Gasteiger partial charge in [0.1, 0.15) is 17.2 Å². The number of aryl methyl sites for hydroxylation is 1. The fraction of sp³-hybridized carbons (Fsp3) is 0.0455. The predicted molar refractivity (Wildman–Crippen MR) is 112 cm³/mol. The Balaban J connectivity index is 1.64. The molecule has 0 spiro atoms. The lowest BCUT2D eigenvalue weighted by Crippen LogP contribution is -2.04. The molecule has 140 valence electrons. The Hall–Kier alpha value is -2.95. The van der Waals surface area contributed by atoms with Crippen LogP contribution in [-0.4, -0.2) is 4.98 Å². The molecule has 28 heavy (non-hydrogen) atoms. The third-order valence-corrected chi connectivity index (χ3v) is 4.77. The number of nitrogens with one attached hydrogen (secondary N) is 1. The number of para-hydroxylation sites is 1. The van der Waals surface area contributed by atoms with Crippen molar-refractivity contribution in [3.8, 4) is 23.0 Å². The first kappa shape index (κ1) is 18.4. The second-order valence-corrected chi connectivity index (χ2v) is 7.01. The van der Waals surface area contributed by atoms with E-state index in [0.29, 0.717) is 27.4 Å². The zero-order chi connectivity index (χ0) is 19.7. The molecule has 0 unspecified atom stereocenters. The van der Waals surface area contributed by atoms with Gasteiger partial charge in [-0.25, -0.2) is 0 Å². The van der Waals surface area contributed by atoms with Crippen LogP contribution in [0, 0.1) is 6.92 Å². The minimum atomic E-state index is -0.190. The maximum absolute atomic E-state index is 12.3. The number of aromatic nitrogens is 1. The Morgan fingerprint density at radius 2 is 1.43 bits per heavy atom. The number of hydrogen-bond donors (Lipinski definition) is 1. The van der Waals surface area contributed by atoms with Crippen LogP contribution in [0.1, 0.15) is 5.69 Å². The number of benzene rings is 3. The molecule has 0 saturated heterocycles. The molecular weight excluding hydrogens is 397 g/mol. The van der Waals surface area contributed by atoms with E-state index in [1.807, 2.05) is 30.3 Å². The van der Waals surface area contributed by atoms with Crippen LogP contribution in [0.2, 0.25) is 10.0 Å². The molecule has 0 aliphatic heterocycles. The Morgan fingerprint density at radius 1 is 0.821 bits per heavy atom. The van der Waals surface area contributed by atoms with E-state index in [9.17, 15) is 4.79 Å². The van der Waals surface area contributed by atoms with Crippen molar-refractivity contribution < 1.29 is 9.47 Å². The number of H-pyrrole nitrogens is 1. The number of aromatic amines is 1. The van der Waals surface area contributed by atoms with Crippen LogP contribution in [0.25, 0.3) is 10.9 Å². The van der Waals surface area contributed by atoms with Crippen molar-refractivity contribution in [1.82, 2.24) is 4.98 Å². The van der Waals surface area contributed by atoms with E-state index in [4.69, 9.17) is 32.7 Å². The van der Waals surface area contributed by atoms with Crippen molar-refractivity contribution in [1.29, 1.82) is 0 Å². The third kappa shape index (κ3) is 3.70. The molecule has 3 aromatic carbocycles. The fourth-order valence-corrected chi connectivity index (χ4v) is 3.50. The van der Waals surface area contributed by atoms with Crippen molar-refractivity contribution in [3.63, 3.8) is 0 Å². The second kappa shape index (κ2) is 7.58. The molecule has 0 radical (unpaired) electrons. The van der Waals surface area contributed by atoms with Gasteiger partial charge in [0, 0.05) is 11.8 Å². The Kier molecular flexibility index (Phi) is 4.99. The number of fused-ring (bicyclic) bond motifs is 1. The lowest BCUT2D eigenvalue weighted by molar-refractivity contribution is 0.470. The maximum atomic E-state index is 12.3. The summed E-state index contributed by atoms with van der Waals surface area (Å²) in [6, 6.07) is 19.6. The summed E-state index contributed by atoms with van der Waals surface area (Å²) < 4.78 is 11.6. The van der Waals surface area contributed by atoms with E-state index in [1.54, 1.807) is 37.3 Å². The van der Waals surface area contributed by atoms with Gasteiger partial charge in [0.2, 0.25) is 0 Å². The molecule has 0 aliphatic rings. The highest BCUT2D eigenvalue weighted by Gasteiger charge is 2.16. The minimum absolute atomic E-state index is 0.174. The molecule has 4 rings (SSSR count). The van der Waals surface area contributed by atoms with Crippen molar-refractivity contribution >= 4 is 34.1 Å². The molecule has 0 atom stereocenters. The first-order valence-electron chi connectivity index (χ1n) is 8.54. The smallest absolute Gasteiger partial charge is 0.191 e. The summed E-state index contributed by atoms with van der Waals surface area (Å²) in [7, 11) is 0. The molecular formula is C22H15Cl2NO3. The van der Waals surface area contributed by atoms with Crippen LogP contribution in [0.3, 0.4) is 0 Å². The van der Waals surface area contributed by atoms with Crippen molar-refractivity contribution in [2.75, 3.05) is 0 Å². The van der Waals surface area contributed by atoms with Gasteiger partial charge in [-0.05, 0) is 49.4 Å². The zero-order valence-electron chi connectivity index (χ0n) is 14.8. The van der Waals surface area contributed by atoms with E-state index < -0.39 is 0 Å². The highest BCUT2D eigenvalue weighted by atomic mass is 35.5. The van der Waals surface area contributed by atoms with Crippen LogP contribution in [0.15, 0.2) is 71.5 Å². The molecule has 1 N–H and O–H groups in total. The van der Waals surface area contributed by atoms with Gasteiger partial charge in [0.25, 0.3) is 0 Å². The van der Waals surface area contributed by atoms with Crippen molar-refractivity contribution in [2.24, 2.45) is 0 Å². The van der Waals surface area contributed by atoms with E-state index in [1.165, 1.54) is 6.07 Å². The zero-order valence-corrected chi connectivity index (χ0v) is 16.3. The lowest BCUT2D eigenvalue weighted by Gasteiger charge is -2.13. The van der Waals surface area contributed by atoms with Crippen LogP contribution in [0.5, 0.6) is 23.0 Å². The van der Waals surface area contributed by atoms with Gasteiger partial charge in [-0.1, -0.05) is 41.4 Å². The van der Waals surface area contributed by atoms with Crippen molar-refractivity contribution in [3.05, 3.63) is 92.7 Å². The standard InChI is InChI=1S/C22H15Cl2NO3/c1-13-11-19(26)20-18(25-13)12-17(23)22(21(20)24)28-16-9-7-15(8-10-16)27-14-5-3-2-4-6-14/h2-12H,1H3,(H,25,26). The first-order valence-corrected chi connectivity index (χ1v) is 9.29. The van der Waals surface area contributed by atoms with Gasteiger partial charge >= 0.3 is 0 Å². The maximum Gasteiger partial charge on any atom is 0.191 e. The van der Waals surface area contributed by atoms with E-state index in [0.717, 1.165) is 11.4 Å². The summed E-state index contributed by atoms with van der Waals surface area (Å²) in [5, 5.41) is 0.826. The molecule has 4 nitrogen and oxygen atoms in total. The summed E-state index contributed by atoms with van der Waals surface area (Å²) in [4.78, 5) is 15.4.